The average Bonchev–Trinajstić information content (AvgIpc) is 2.27. The fraction of sp³-hybridized carbons (Fsp3) is 0.364. The Balaban J connectivity index is 2.02. The van der Waals surface area contributed by atoms with Crippen molar-refractivity contribution in [1.82, 2.24) is 16.2 Å². The minimum atomic E-state index is -0.220. The molecule has 1 fully saturated rings. The SMILES string of the molecule is Cc1ccc(NC2NC(=O)NNC2C)cc1. The highest BCUT2D eigenvalue weighted by molar-refractivity contribution is 5.75. The van der Waals surface area contributed by atoms with E-state index in [0.29, 0.717) is 0 Å². The van der Waals surface area contributed by atoms with Crippen molar-refractivity contribution in [2.75, 3.05) is 5.32 Å². The van der Waals surface area contributed by atoms with E-state index in [1.165, 1.54) is 5.56 Å². The molecular formula is C11H16N4O. The van der Waals surface area contributed by atoms with E-state index in [4.69, 9.17) is 0 Å². The van der Waals surface area contributed by atoms with Crippen LogP contribution in [0.3, 0.4) is 0 Å². The molecule has 5 nitrogen and oxygen atoms in total. The van der Waals surface area contributed by atoms with Gasteiger partial charge in [-0.2, -0.15) is 0 Å². The van der Waals surface area contributed by atoms with Gasteiger partial charge in [0.1, 0.15) is 6.17 Å². The summed E-state index contributed by atoms with van der Waals surface area (Å²) >= 11 is 0. The Morgan fingerprint density at radius 3 is 2.62 bits per heavy atom. The van der Waals surface area contributed by atoms with Crippen LogP contribution >= 0.6 is 0 Å². The summed E-state index contributed by atoms with van der Waals surface area (Å²) in [5, 5.41) is 6.06. The third-order valence-electron chi connectivity index (χ3n) is 2.57. The molecule has 0 aromatic heterocycles. The Kier molecular flexibility index (Phi) is 2.96. The van der Waals surface area contributed by atoms with Gasteiger partial charge in [-0.05, 0) is 26.0 Å². The molecule has 1 aromatic rings. The van der Waals surface area contributed by atoms with E-state index in [-0.39, 0.29) is 18.2 Å². The average molecular weight is 220 g/mol. The number of hydrazine groups is 1. The zero-order valence-corrected chi connectivity index (χ0v) is 9.37. The lowest BCUT2D eigenvalue weighted by Crippen LogP contribution is -2.65. The Hall–Kier alpha value is -1.75. The van der Waals surface area contributed by atoms with E-state index >= 15 is 0 Å². The molecule has 1 aliphatic heterocycles. The molecule has 1 aliphatic rings. The van der Waals surface area contributed by atoms with Crippen molar-refractivity contribution in [2.24, 2.45) is 0 Å². The second-order valence-corrected chi connectivity index (χ2v) is 4.02. The summed E-state index contributed by atoms with van der Waals surface area (Å²) in [5.74, 6) is 0. The van der Waals surface area contributed by atoms with Gasteiger partial charge in [0, 0.05) is 5.69 Å². The van der Waals surface area contributed by atoms with Gasteiger partial charge in [0.05, 0.1) is 6.04 Å². The first-order chi connectivity index (χ1) is 7.65. The van der Waals surface area contributed by atoms with Crippen molar-refractivity contribution in [3.8, 4) is 0 Å². The second kappa shape index (κ2) is 4.40. The van der Waals surface area contributed by atoms with Gasteiger partial charge in [0.25, 0.3) is 0 Å². The van der Waals surface area contributed by atoms with Crippen LogP contribution in [0.4, 0.5) is 10.5 Å². The standard InChI is InChI=1S/C11H16N4O/c1-7-3-5-9(6-4-7)12-10-8(2)14-15-11(16)13-10/h3-6,8,10,12,14H,1-2H3,(H2,13,15,16). The van der Waals surface area contributed by atoms with Gasteiger partial charge < -0.3 is 10.6 Å². The van der Waals surface area contributed by atoms with Crippen LogP contribution < -0.4 is 21.5 Å². The van der Waals surface area contributed by atoms with Crippen LogP contribution in [0.1, 0.15) is 12.5 Å². The van der Waals surface area contributed by atoms with Gasteiger partial charge in [-0.25, -0.2) is 10.2 Å². The number of benzene rings is 1. The molecule has 2 amide bonds. The molecule has 4 N–H and O–H groups in total. The first-order valence-corrected chi connectivity index (χ1v) is 5.30. The predicted octanol–water partition coefficient (Wildman–Crippen LogP) is 0.939. The third kappa shape index (κ3) is 2.43. The number of rotatable bonds is 2. The highest BCUT2D eigenvalue weighted by Crippen LogP contribution is 2.11. The van der Waals surface area contributed by atoms with Crippen molar-refractivity contribution in [1.29, 1.82) is 0 Å². The Labute approximate surface area is 94.6 Å². The minimum Gasteiger partial charge on any atom is -0.364 e. The molecule has 0 bridgehead atoms. The summed E-state index contributed by atoms with van der Waals surface area (Å²) in [6.45, 7) is 4.03. The van der Waals surface area contributed by atoms with Crippen molar-refractivity contribution < 1.29 is 4.79 Å². The monoisotopic (exact) mass is 220 g/mol. The van der Waals surface area contributed by atoms with Gasteiger partial charge in [-0.1, -0.05) is 17.7 Å². The minimum absolute atomic E-state index is 0.110. The van der Waals surface area contributed by atoms with Crippen molar-refractivity contribution in [2.45, 2.75) is 26.1 Å². The second-order valence-electron chi connectivity index (χ2n) is 4.02. The zero-order valence-electron chi connectivity index (χ0n) is 9.37. The molecule has 2 atom stereocenters. The predicted molar refractivity (Wildman–Crippen MR) is 62.9 cm³/mol. The maximum atomic E-state index is 11.1. The molecule has 5 heteroatoms. The molecule has 1 saturated heterocycles. The van der Waals surface area contributed by atoms with E-state index in [9.17, 15) is 4.79 Å². The smallest absolute Gasteiger partial charge is 0.330 e. The summed E-state index contributed by atoms with van der Waals surface area (Å²) < 4.78 is 0. The Morgan fingerprint density at radius 1 is 1.25 bits per heavy atom. The maximum absolute atomic E-state index is 11.1. The summed E-state index contributed by atoms with van der Waals surface area (Å²) in [7, 11) is 0. The fourth-order valence-corrected chi connectivity index (χ4v) is 1.56. The van der Waals surface area contributed by atoms with Crippen LogP contribution in [0.25, 0.3) is 0 Å². The van der Waals surface area contributed by atoms with Gasteiger partial charge >= 0.3 is 6.03 Å². The van der Waals surface area contributed by atoms with E-state index < -0.39 is 0 Å². The van der Waals surface area contributed by atoms with Crippen LogP contribution in [-0.2, 0) is 0 Å². The number of hydrogen-bond donors (Lipinski definition) is 4. The number of hydrogen-bond acceptors (Lipinski definition) is 3. The van der Waals surface area contributed by atoms with Crippen LogP contribution in [0, 0.1) is 6.92 Å². The molecule has 0 saturated carbocycles. The largest absolute Gasteiger partial charge is 0.364 e. The van der Waals surface area contributed by atoms with Crippen molar-refractivity contribution in [3.05, 3.63) is 29.8 Å². The Morgan fingerprint density at radius 2 is 1.94 bits per heavy atom. The van der Waals surface area contributed by atoms with Crippen LogP contribution in [-0.4, -0.2) is 18.2 Å². The van der Waals surface area contributed by atoms with Crippen molar-refractivity contribution in [3.63, 3.8) is 0 Å². The molecule has 86 valence electrons. The van der Waals surface area contributed by atoms with E-state index in [2.05, 4.69) is 21.5 Å². The molecule has 2 unspecified atom stereocenters. The van der Waals surface area contributed by atoms with E-state index in [1.54, 1.807) is 0 Å². The number of aryl methyl sites for hydroxylation is 1. The van der Waals surface area contributed by atoms with Crippen LogP contribution in [0.5, 0.6) is 0 Å². The number of urea groups is 1. The lowest BCUT2D eigenvalue weighted by atomic mass is 10.2. The molecule has 0 aliphatic carbocycles. The maximum Gasteiger partial charge on any atom is 0.330 e. The first-order valence-electron chi connectivity index (χ1n) is 5.30. The summed E-state index contributed by atoms with van der Waals surface area (Å²) in [6, 6.07) is 7.95. The van der Waals surface area contributed by atoms with Gasteiger partial charge in [0.15, 0.2) is 0 Å². The van der Waals surface area contributed by atoms with Gasteiger partial charge in [0.2, 0.25) is 0 Å². The van der Waals surface area contributed by atoms with Crippen LogP contribution in [0.2, 0.25) is 0 Å². The lowest BCUT2D eigenvalue weighted by molar-refractivity contribution is 0.214. The number of nitrogens with one attached hydrogen (secondary N) is 4. The Bertz CT molecular complexity index is 376. The molecule has 0 spiro atoms. The molecule has 1 heterocycles. The van der Waals surface area contributed by atoms with Crippen LogP contribution in [0.15, 0.2) is 24.3 Å². The summed E-state index contributed by atoms with van der Waals surface area (Å²) in [4.78, 5) is 11.1. The summed E-state index contributed by atoms with van der Waals surface area (Å²) in [6.07, 6.45) is -0.114. The topological polar surface area (TPSA) is 65.2 Å². The highest BCUT2D eigenvalue weighted by Gasteiger charge is 2.23. The fourth-order valence-electron chi connectivity index (χ4n) is 1.56. The zero-order chi connectivity index (χ0) is 11.5. The van der Waals surface area contributed by atoms with E-state index in [0.717, 1.165) is 5.69 Å². The normalized spacial score (nSPS) is 24.5. The molecule has 2 rings (SSSR count). The molecule has 0 radical (unpaired) electrons. The molecule has 16 heavy (non-hydrogen) atoms. The van der Waals surface area contributed by atoms with Crippen molar-refractivity contribution >= 4 is 11.7 Å². The third-order valence-corrected chi connectivity index (χ3v) is 2.57. The van der Waals surface area contributed by atoms with E-state index in [1.807, 2.05) is 38.1 Å². The first kappa shape index (κ1) is 10.8. The highest BCUT2D eigenvalue weighted by atomic mass is 16.2. The summed E-state index contributed by atoms with van der Waals surface area (Å²) in [5.41, 5.74) is 7.61. The number of carbonyl (C=O) groups is 1. The number of anilines is 1. The van der Waals surface area contributed by atoms with Gasteiger partial charge in [-0.3, -0.25) is 5.43 Å². The van der Waals surface area contributed by atoms with Gasteiger partial charge in [-0.15, -0.1) is 0 Å². The quantitative estimate of drug-likeness (QED) is 0.599. The lowest BCUT2D eigenvalue weighted by Gasteiger charge is -2.32. The molecule has 1 aromatic carbocycles. The number of amides is 2. The number of carbonyl (C=O) groups excluding carboxylic acids is 1. The molecular weight excluding hydrogens is 204 g/mol.